The number of fused-ring (bicyclic) bond motifs is 1. The number of rotatable bonds is 3. The molecule has 1 aromatic heterocycles. The first kappa shape index (κ1) is 17.5. The third-order valence-electron chi connectivity index (χ3n) is 4.12. The zero-order valence-electron chi connectivity index (χ0n) is 12.8. The van der Waals surface area contributed by atoms with Crippen molar-refractivity contribution in [3.05, 3.63) is 32.6 Å². The second-order valence-corrected chi connectivity index (χ2v) is 7.73. The van der Waals surface area contributed by atoms with Crippen LogP contribution in [0.2, 0.25) is 0 Å². The first-order valence-electron chi connectivity index (χ1n) is 7.07. The molecular weight excluding hydrogens is 347 g/mol. The van der Waals surface area contributed by atoms with Gasteiger partial charge in [-0.3, -0.25) is 18.9 Å². The highest BCUT2D eigenvalue weighted by atomic mass is 31.2. The maximum absolute atomic E-state index is 12.0. The van der Waals surface area contributed by atoms with Gasteiger partial charge in [-0.25, -0.2) is 4.79 Å². The molecule has 2 aliphatic rings. The Morgan fingerprint density at radius 1 is 1.33 bits per heavy atom. The first-order chi connectivity index (χ1) is 11.1. The average molecular weight is 364 g/mol. The molecule has 0 saturated carbocycles. The first-order valence-corrected chi connectivity index (χ1v) is 8.68. The number of hydrogen-bond acceptors (Lipinski definition) is 7. The fraction of sp³-hybridized carbons (Fsp3) is 0.667. The molecule has 0 radical (unpaired) electrons. The number of nitrogens with zero attached hydrogens (tertiary/aromatic N) is 1. The smallest absolute Gasteiger partial charge is 0.384 e. The lowest BCUT2D eigenvalue weighted by atomic mass is 10.1. The number of aromatic nitrogens is 2. The molecular formula is C12H17N2O9P. The third-order valence-corrected chi connectivity index (χ3v) is 5.39. The van der Waals surface area contributed by atoms with E-state index in [0.29, 0.717) is 0 Å². The molecule has 1 aromatic rings. The second kappa shape index (κ2) is 5.60. The standard InChI is InChI=1S/C12H17N2O9P/c1-5-3-14(11(17)13-9(5)16)10-8-7(6(4-15)21-10)22-12(2,23-8)24(18,19)20/h3,6-8,10,15H,4H2,1-2H3,(H,13,16,17)(H2,18,19,20)/t6-,7-,8-,10-,12?/m1/s1. The Morgan fingerprint density at radius 2 is 1.96 bits per heavy atom. The van der Waals surface area contributed by atoms with Crippen LogP contribution in [0.4, 0.5) is 0 Å². The van der Waals surface area contributed by atoms with E-state index in [1.54, 1.807) is 0 Å². The Labute approximate surface area is 134 Å². The number of aliphatic hydroxyl groups excluding tert-OH is 1. The summed E-state index contributed by atoms with van der Waals surface area (Å²) in [5.74, 6) is 0. The Kier molecular flexibility index (Phi) is 4.08. The van der Waals surface area contributed by atoms with Gasteiger partial charge in [0.15, 0.2) is 6.23 Å². The van der Waals surface area contributed by atoms with E-state index < -0.39 is 55.5 Å². The van der Waals surface area contributed by atoms with Crippen molar-refractivity contribution in [3.8, 4) is 0 Å². The highest BCUT2D eigenvalue weighted by Crippen LogP contribution is 2.58. The van der Waals surface area contributed by atoms with Gasteiger partial charge in [0.05, 0.1) is 6.61 Å². The van der Waals surface area contributed by atoms with Crippen molar-refractivity contribution in [2.75, 3.05) is 6.61 Å². The van der Waals surface area contributed by atoms with E-state index in [2.05, 4.69) is 4.98 Å². The third kappa shape index (κ3) is 2.58. The van der Waals surface area contributed by atoms with Gasteiger partial charge in [0.2, 0.25) is 0 Å². The molecule has 5 atom stereocenters. The second-order valence-electron chi connectivity index (χ2n) is 5.83. The average Bonchev–Trinajstić information content (AvgIpc) is 2.98. The van der Waals surface area contributed by atoms with Gasteiger partial charge in [-0.05, 0) is 6.92 Å². The summed E-state index contributed by atoms with van der Waals surface area (Å²) >= 11 is 0. The zero-order chi connectivity index (χ0) is 17.9. The summed E-state index contributed by atoms with van der Waals surface area (Å²) in [6, 6.07) is 0. The lowest BCUT2D eigenvalue weighted by Crippen LogP contribution is -2.38. The molecule has 0 aromatic carbocycles. The summed E-state index contributed by atoms with van der Waals surface area (Å²) in [7, 11) is -4.79. The van der Waals surface area contributed by atoms with Crippen LogP contribution in [0.3, 0.4) is 0 Å². The molecule has 2 saturated heterocycles. The van der Waals surface area contributed by atoms with E-state index >= 15 is 0 Å². The molecule has 0 spiro atoms. The lowest BCUT2D eigenvalue weighted by molar-refractivity contribution is -0.175. The minimum Gasteiger partial charge on any atom is -0.394 e. The predicted octanol–water partition coefficient (Wildman–Crippen LogP) is -1.63. The number of aryl methyl sites for hydroxylation is 1. The van der Waals surface area contributed by atoms with Crippen LogP contribution < -0.4 is 11.2 Å². The summed E-state index contributed by atoms with van der Waals surface area (Å²) in [5, 5.41) is 9.42. The van der Waals surface area contributed by atoms with Gasteiger partial charge < -0.3 is 29.1 Å². The summed E-state index contributed by atoms with van der Waals surface area (Å²) in [6.45, 7) is 2.06. The lowest BCUT2D eigenvalue weighted by Gasteiger charge is -2.27. The van der Waals surface area contributed by atoms with Crippen molar-refractivity contribution in [1.29, 1.82) is 0 Å². The predicted molar refractivity (Wildman–Crippen MR) is 77.3 cm³/mol. The van der Waals surface area contributed by atoms with Gasteiger partial charge in [-0.15, -0.1) is 0 Å². The van der Waals surface area contributed by atoms with E-state index in [9.17, 15) is 29.0 Å². The monoisotopic (exact) mass is 364 g/mol. The quantitative estimate of drug-likeness (QED) is 0.462. The van der Waals surface area contributed by atoms with Crippen molar-refractivity contribution in [1.82, 2.24) is 9.55 Å². The fourth-order valence-electron chi connectivity index (χ4n) is 2.79. The normalized spacial score (nSPS) is 36.0. The van der Waals surface area contributed by atoms with Crippen LogP contribution >= 0.6 is 7.60 Å². The van der Waals surface area contributed by atoms with Crippen LogP contribution in [0.1, 0.15) is 18.7 Å². The summed E-state index contributed by atoms with van der Waals surface area (Å²) in [5.41, 5.74) is -3.31. The maximum Gasteiger partial charge on any atom is 0.384 e. The SMILES string of the molecule is Cc1cn([C@@H]2O[C@H](CO)[C@H]3OC(C)(P(=O)(O)O)O[C@H]32)c(=O)[nH]c1=O. The van der Waals surface area contributed by atoms with Crippen molar-refractivity contribution < 1.29 is 33.7 Å². The van der Waals surface area contributed by atoms with Crippen LogP contribution in [0.5, 0.6) is 0 Å². The molecule has 4 N–H and O–H groups in total. The number of ether oxygens (including phenoxy) is 3. The molecule has 1 unspecified atom stereocenters. The Morgan fingerprint density at radius 3 is 2.54 bits per heavy atom. The fourth-order valence-corrected chi connectivity index (χ4v) is 3.31. The molecule has 134 valence electrons. The molecule has 0 aliphatic carbocycles. The van der Waals surface area contributed by atoms with Crippen molar-refractivity contribution in [2.24, 2.45) is 0 Å². The maximum atomic E-state index is 12.0. The van der Waals surface area contributed by atoms with Crippen LogP contribution in [0.15, 0.2) is 15.8 Å². The molecule has 2 fully saturated rings. The summed E-state index contributed by atoms with van der Waals surface area (Å²) in [6.07, 6.45) is -2.87. The topological polar surface area (TPSA) is 160 Å². The van der Waals surface area contributed by atoms with Crippen molar-refractivity contribution in [2.45, 2.75) is 43.9 Å². The molecule has 0 amide bonds. The van der Waals surface area contributed by atoms with E-state index in [4.69, 9.17) is 14.2 Å². The molecule has 0 bridgehead atoms. The van der Waals surface area contributed by atoms with Gasteiger partial charge in [-0.1, -0.05) is 0 Å². The van der Waals surface area contributed by atoms with Gasteiger partial charge in [0, 0.05) is 18.7 Å². The van der Waals surface area contributed by atoms with Gasteiger partial charge in [0.25, 0.3) is 11.1 Å². The van der Waals surface area contributed by atoms with Gasteiger partial charge >= 0.3 is 13.3 Å². The van der Waals surface area contributed by atoms with Crippen LogP contribution in [0.25, 0.3) is 0 Å². The zero-order valence-corrected chi connectivity index (χ0v) is 13.7. The van der Waals surface area contributed by atoms with E-state index in [1.165, 1.54) is 13.1 Å². The Balaban J connectivity index is 2.03. The number of H-pyrrole nitrogens is 1. The molecule has 3 heterocycles. The largest absolute Gasteiger partial charge is 0.394 e. The summed E-state index contributed by atoms with van der Waals surface area (Å²) in [4.78, 5) is 44.5. The van der Waals surface area contributed by atoms with E-state index in [-0.39, 0.29) is 5.56 Å². The van der Waals surface area contributed by atoms with Crippen LogP contribution in [-0.4, -0.2) is 54.9 Å². The van der Waals surface area contributed by atoms with Gasteiger partial charge in [0.1, 0.15) is 18.3 Å². The highest BCUT2D eigenvalue weighted by Gasteiger charge is 2.63. The van der Waals surface area contributed by atoms with Crippen molar-refractivity contribution in [3.63, 3.8) is 0 Å². The highest BCUT2D eigenvalue weighted by molar-refractivity contribution is 7.53. The molecule has 12 heteroatoms. The summed E-state index contributed by atoms with van der Waals surface area (Å²) < 4.78 is 28.9. The van der Waals surface area contributed by atoms with Gasteiger partial charge in [-0.2, -0.15) is 0 Å². The molecule has 11 nitrogen and oxygen atoms in total. The van der Waals surface area contributed by atoms with E-state index in [1.807, 2.05) is 0 Å². The number of hydrogen-bond donors (Lipinski definition) is 4. The van der Waals surface area contributed by atoms with Crippen LogP contribution in [0, 0.1) is 6.92 Å². The van der Waals surface area contributed by atoms with Crippen LogP contribution in [-0.2, 0) is 18.8 Å². The minimum atomic E-state index is -4.79. The number of nitrogens with one attached hydrogen (secondary N) is 1. The van der Waals surface area contributed by atoms with E-state index in [0.717, 1.165) is 11.5 Å². The molecule has 24 heavy (non-hydrogen) atoms. The molecule has 2 aliphatic heterocycles. The minimum absolute atomic E-state index is 0.235. The Bertz CT molecular complexity index is 813. The van der Waals surface area contributed by atoms with Crippen molar-refractivity contribution >= 4 is 7.60 Å². The Hall–Kier alpha value is -1.33. The molecule has 3 rings (SSSR count). The number of aromatic amines is 1. The number of aliphatic hydroxyl groups is 1.